The molecule has 1 aliphatic heterocycles. The molecule has 18 heavy (non-hydrogen) atoms. The number of amides is 2. The second-order valence-electron chi connectivity index (χ2n) is 5.62. The number of ether oxygens (including phenoxy) is 1. The predicted molar refractivity (Wildman–Crippen MR) is 69.3 cm³/mol. The smallest absolute Gasteiger partial charge is 0.329 e. The number of carbonyl (C=O) groups is 2. The minimum Gasteiger partial charge on any atom is -0.458 e. The summed E-state index contributed by atoms with van der Waals surface area (Å²) in [6.07, 6.45) is 2.43. The van der Waals surface area contributed by atoms with Crippen molar-refractivity contribution in [3.8, 4) is 0 Å². The predicted octanol–water partition coefficient (Wildman–Crippen LogP) is 1.91. The standard InChI is InChI=1S/C13H24N2O3/c1-5-8-14-12(17)15-9-6-7-10(15)11(16)18-13(2,3)4/h10H,5-9H2,1-4H3,(H,14,17)/t10-/m0/s1. The normalized spacial score (nSPS) is 19.8. The Hall–Kier alpha value is -1.26. The van der Waals surface area contributed by atoms with E-state index in [1.165, 1.54) is 0 Å². The molecule has 1 rings (SSSR count). The van der Waals surface area contributed by atoms with Crippen molar-refractivity contribution < 1.29 is 14.3 Å². The van der Waals surface area contributed by atoms with Crippen LogP contribution in [0.15, 0.2) is 0 Å². The van der Waals surface area contributed by atoms with Crippen molar-refractivity contribution in [3.63, 3.8) is 0 Å². The van der Waals surface area contributed by atoms with Crippen LogP contribution in [0.25, 0.3) is 0 Å². The molecule has 0 aromatic rings. The molecule has 5 heteroatoms. The average Bonchev–Trinajstić information content (AvgIpc) is 2.72. The molecule has 104 valence electrons. The van der Waals surface area contributed by atoms with Crippen molar-refractivity contribution in [2.24, 2.45) is 0 Å². The van der Waals surface area contributed by atoms with Crippen LogP contribution in [0.4, 0.5) is 4.79 Å². The first-order chi connectivity index (χ1) is 8.35. The number of rotatable bonds is 3. The van der Waals surface area contributed by atoms with E-state index in [0.29, 0.717) is 19.5 Å². The highest BCUT2D eigenvalue weighted by atomic mass is 16.6. The van der Waals surface area contributed by atoms with Crippen molar-refractivity contribution in [1.82, 2.24) is 10.2 Å². The summed E-state index contributed by atoms with van der Waals surface area (Å²) < 4.78 is 5.35. The molecule has 0 spiro atoms. The number of esters is 1. The van der Waals surface area contributed by atoms with Crippen LogP contribution in [0.3, 0.4) is 0 Å². The van der Waals surface area contributed by atoms with Crippen molar-refractivity contribution in [2.45, 2.75) is 58.6 Å². The zero-order valence-corrected chi connectivity index (χ0v) is 11.8. The van der Waals surface area contributed by atoms with E-state index in [9.17, 15) is 9.59 Å². The molecule has 0 saturated carbocycles. The molecule has 2 amide bonds. The Balaban J connectivity index is 2.59. The van der Waals surface area contributed by atoms with Gasteiger partial charge in [-0.05, 0) is 40.0 Å². The number of likely N-dealkylation sites (tertiary alicyclic amines) is 1. The third-order valence-corrected chi connectivity index (χ3v) is 2.72. The summed E-state index contributed by atoms with van der Waals surface area (Å²) in [5.41, 5.74) is -0.509. The second-order valence-corrected chi connectivity index (χ2v) is 5.62. The summed E-state index contributed by atoms with van der Waals surface area (Å²) in [5.74, 6) is -0.299. The molecule has 1 heterocycles. The molecular weight excluding hydrogens is 232 g/mol. The minimum absolute atomic E-state index is 0.162. The maximum Gasteiger partial charge on any atom is 0.329 e. The van der Waals surface area contributed by atoms with Crippen LogP contribution in [-0.2, 0) is 9.53 Å². The topological polar surface area (TPSA) is 58.6 Å². The fourth-order valence-corrected chi connectivity index (χ4v) is 1.96. The zero-order valence-electron chi connectivity index (χ0n) is 11.8. The van der Waals surface area contributed by atoms with Crippen LogP contribution >= 0.6 is 0 Å². The van der Waals surface area contributed by atoms with Gasteiger partial charge in [-0.3, -0.25) is 0 Å². The Morgan fingerprint density at radius 1 is 1.39 bits per heavy atom. The lowest BCUT2D eigenvalue weighted by Gasteiger charge is -2.27. The molecule has 0 aromatic heterocycles. The van der Waals surface area contributed by atoms with Gasteiger partial charge in [0.25, 0.3) is 0 Å². The molecule has 1 saturated heterocycles. The molecule has 0 aliphatic carbocycles. The third kappa shape index (κ3) is 4.20. The maximum absolute atomic E-state index is 12.0. The zero-order chi connectivity index (χ0) is 13.8. The molecule has 5 nitrogen and oxygen atoms in total. The molecule has 0 unspecified atom stereocenters. The number of nitrogens with one attached hydrogen (secondary N) is 1. The minimum atomic E-state index is -0.509. The molecule has 0 aromatic carbocycles. The largest absolute Gasteiger partial charge is 0.458 e. The Morgan fingerprint density at radius 2 is 2.06 bits per heavy atom. The monoisotopic (exact) mass is 256 g/mol. The number of carbonyl (C=O) groups excluding carboxylic acids is 2. The quantitative estimate of drug-likeness (QED) is 0.785. The van der Waals surface area contributed by atoms with E-state index in [-0.39, 0.29) is 12.0 Å². The highest BCUT2D eigenvalue weighted by Gasteiger charge is 2.36. The van der Waals surface area contributed by atoms with E-state index in [2.05, 4.69) is 5.32 Å². The molecular formula is C13H24N2O3. The molecule has 1 atom stereocenters. The van der Waals surface area contributed by atoms with Gasteiger partial charge in [0.15, 0.2) is 0 Å². The van der Waals surface area contributed by atoms with E-state index < -0.39 is 11.6 Å². The van der Waals surface area contributed by atoms with Crippen molar-refractivity contribution >= 4 is 12.0 Å². The van der Waals surface area contributed by atoms with Crippen LogP contribution in [0.1, 0.15) is 47.0 Å². The Bertz CT molecular complexity index is 310. The first-order valence-corrected chi connectivity index (χ1v) is 6.62. The van der Waals surface area contributed by atoms with Crippen LogP contribution in [0.5, 0.6) is 0 Å². The SMILES string of the molecule is CCCNC(=O)N1CCC[C@H]1C(=O)OC(C)(C)C. The van der Waals surface area contributed by atoms with Gasteiger partial charge in [0, 0.05) is 13.1 Å². The summed E-state index contributed by atoms with van der Waals surface area (Å²) >= 11 is 0. The fraction of sp³-hybridized carbons (Fsp3) is 0.846. The summed E-state index contributed by atoms with van der Waals surface area (Å²) in [4.78, 5) is 25.5. The number of hydrogen-bond acceptors (Lipinski definition) is 3. The molecule has 1 N–H and O–H groups in total. The fourth-order valence-electron chi connectivity index (χ4n) is 1.96. The lowest BCUT2D eigenvalue weighted by atomic mass is 10.1. The second kappa shape index (κ2) is 6.07. The van der Waals surface area contributed by atoms with Gasteiger partial charge in [-0.15, -0.1) is 0 Å². The van der Waals surface area contributed by atoms with Gasteiger partial charge in [0.2, 0.25) is 0 Å². The van der Waals surface area contributed by atoms with E-state index in [1.807, 2.05) is 27.7 Å². The summed E-state index contributed by atoms with van der Waals surface area (Å²) in [5, 5.41) is 2.80. The number of hydrogen-bond donors (Lipinski definition) is 1. The van der Waals surface area contributed by atoms with Gasteiger partial charge in [0.05, 0.1) is 0 Å². The third-order valence-electron chi connectivity index (χ3n) is 2.72. The lowest BCUT2D eigenvalue weighted by Crippen LogP contribution is -2.47. The van der Waals surface area contributed by atoms with Crippen LogP contribution in [0, 0.1) is 0 Å². The van der Waals surface area contributed by atoms with E-state index in [1.54, 1.807) is 4.90 Å². The van der Waals surface area contributed by atoms with E-state index in [0.717, 1.165) is 12.8 Å². The molecule has 1 fully saturated rings. The highest BCUT2D eigenvalue weighted by Crippen LogP contribution is 2.21. The van der Waals surface area contributed by atoms with Crippen LogP contribution in [-0.4, -0.2) is 41.6 Å². The number of nitrogens with zero attached hydrogens (tertiary/aromatic N) is 1. The number of urea groups is 1. The van der Waals surface area contributed by atoms with E-state index >= 15 is 0 Å². The average molecular weight is 256 g/mol. The Labute approximate surface area is 109 Å². The summed E-state index contributed by atoms with van der Waals surface area (Å²) in [6.45, 7) is 8.76. The first-order valence-electron chi connectivity index (χ1n) is 6.62. The Kier molecular flexibility index (Phi) is 4.99. The summed E-state index contributed by atoms with van der Waals surface area (Å²) in [6, 6.07) is -0.591. The van der Waals surface area contributed by atoms with Crippen LogP contribution in [0.2, 0.25) is 0 Å². The molecule has 1 aliphatic rings. The van der Waals surface area contributed by atoms with Gasteiger partial charge in [-0.25, -0.2) is 9.59 Å². The first kappa shape index (κ1) is 14.8. The van der Waals surface area contributed by atoms with Crippen molar-refractivity contribution in [1.29, 1.82) is 0 Å². The van der Waals surface area contributed by atoms with Gasteiger partial charge in [-0.1, -0.05) is 6.92 Å². The van der Waals surface area contributed by atoms with E-state index in [4.69, 9.17) is 4.74 Å². The molecule has 0 radical (unpaired) electrons. The van der Waals surface area contributed by atoms with Crippen molar-refractivity contribution in [2.75, 3.05) is 13.1 Å². The van der Waals surface area contributed by atoms with Gasteiger partial charge in [-0.2, -0.15) is 0 Å². The van der Waals surface area contributed by atoms with Crippen LogP contribution < -0.4 is 5.32 Å². The van der Waals surface area contributed by atoms with Gasteiger partial charge < -0.3 is 15.0 Å². The lowest BCUT2D eigenvalue weighted by molar-refractivity contribution is -0.159. The maximum atomic E-state index is 12.0. The molecule has 0 bridgehead atoms. The summed E-state index contributed by atoms with van der Waals surface area (Å²) in [7, 11) is 0. The Morgan fingerprint density at radius 3 is 2.61 bits per heavy atom. The highest BCUT2D eigenvalue weighted by molar-refractivity contribution is 5.84. The van der Waals surface area contributed by atoms with Gasteiger partial charge in [0.1, 0.15) is 11.6 Å². The van der Waals surface area contributed by atoms with Gasteiger partial charge >= 0.3 is 12.0 Å². The van der Waals surface area contributed by atoms with Crippen molar-refractivity contribution in [3.05, 3.63) is 0 Å².